The number of halogens is 1. The average Bonchev–Trinajstić information content (AvgIpc) is 2.74. The van der Waals surface area contributed by atoms with Crippen LogP contribution in [0, 0.1) is 0 Å². The molecule has 0 saturated carbocycles. The van der Waals surface area contributed by atoms with Crippen molar-refractivity contribution in [2.24, 2.45) is 5.73 Å². The molecule has 3 N–H and O–H groups in total. The number of benzene rings is 3. The topological polar surface area (TPSA) is 110 Å². The molecule has 0 atom stereocenters. The zero-order valence-corrected chi connectivity index (χ0v) is 17.4. The van der Waals surface area contributed by atoms with E-state index in [9.17, 15) is 18.0 Å². The van der Waals surface area contributed by atoms with Crippen molar-refractivity contribution in [3.05, 3.63) is 88.9 Å². The second-order valence-electron chi connectivity index (χ2n) is 6.35. The zero-order valence-electron chi connectivity index (χ0n) is 15.9. The zero-order chi connectivity index (χ0) is 21.9. The van der Waals surface area contributed by atoms with E-state index >= 15 is 0 Å². The Morgan fingerprint density at radius 1 is 0.967 bits per heavy atom. The molecule has 3 aromatic carbocycles. The van der Waals surface area contributed by atoms with Crippen LogP contribution in [0.5, 0.6) is 0 Å². The minimum absolute atomic E-state index is 0.0915. The fraction of sp³-hybridized carbons (Fsp3) is 0.0476. The van der Waals surface area contributed by atoms with Crippen molar-refractivity contribution in [3.63, 3.8) is 0 Å². The Balaban J connectivity index is 1.81. The summed E-state index contributed by atoms with van der Waals surface area (Å²) in [4.78, 5) is 23.8. The van der Waals surface area contributed by atoms with Gasteiger partial charge in [0, 0.05) is 18.3 Å². The smallest absolute Gasteiger partial charge is 0.264 e. The van der Waals surface area contributed by atoms with Crippen LogP contribution in [0.1, 0.15) is 20.7 Å². The normalized spacial score (nSPS) is 11.0. The maximum absolute atomic E-state index is 12.7. The summed E-state index contributed by atoms with van der Waals surface area (Å²) in [5, 5.41) is 2.75. The van der Waals surface area contributed by atoms with Crippen molar-refractivity contribution in [3.8, 4) is 0 Å². The largest absolute Gasteiger partial charge is 0.366 e. The molecule has 7 nitrogen and oxygen atoms in total. The molecule has 154 valence electrons. The molecule has 9 heteroatoms. The maximum Gasteiger partial charge on any atom is 0.264 e. The van der Waals surface area contributed by atoms with Gasteiger partial charge in [0.2, 0.25) is 5.91 Å². The SMILES string of the molecule is CN(c1ccc(C(=O)Nc2ccc(C(N)=O)cc2)c(Cl)c1)S(=O)(=O)c1ccccc1. The number of hydrogen-bond acceptors (Lipinski definition) is 4. The van der Waals surface area contributed by atoms with Crippen LogP contribution in [-0.4, -0.2) is 27.3 Å². The lowest BCUT2D eigenvalue weighted by Crippen LogP contribution is -2.26. The summed E-state index contributed by atoms with van der Waals surface area (Å²) < 4.78 is 26.6. The van der Waals surface area contributed by atoms with E-state index in [-0.39, 0.29) is 15.5 Å². The molecule has 0 spiro atoms. The van der Waals surface area contributed by atoms with E-state index in [1.54, 1.807) is 30.3 Å². The third kappa shape index (κ3) is 4.45. The number of sulfonamides is 1. The van der Waals surface area contributed by atoms with Crippen LogP contribution in [0.15, 0.2) is 77.7 Å². The third-order valence-electron chi connectivity index (χ3n) is 4.39. The van der Waals surface area contributed by atoms with Gasteiger partial charge >= 0.3 is 0 Å². The molecule has 30 heavy (non-hydrogen) atoms. The van der Waals surface area contributed by atoms with Gasteiger partial charge in [-0.1, -0.05) is 29.8 Å². The summed E-state index contributed by atoms with van der Waals surface area (Å²) in [6.07, 6.45) is 0. The Bertz CT molecular complexity index is 1200. The second kappa shape index (κ2) is 8.56. The first-order valence-corrected chi connectivity index (χ1v) is 10.6. The van der Waals surface area contributed by atoms with Crippen LogP contribution in [0.25, 0.3) is 0 Å². The van der Waals surface area contributed by atoms with Crippen LogP contribution in [0.2, 0.25) is 5.02 Å². The van der Waals surface area contributed by atoms with Crippen molar-refractivity contribution < 1.29 is 18.0 Å². The summed E-state index contributed by atoms with van der Waals surface area (Å²) in [6.45, 7) is 0. The van der Waals surface area contributed by atoms with Gasteiger partial charge in [-0.05, 0) is 54.6 Å². The van der Waals surface area contributed by atoms with E-state index in [1.807, 2.05) is 0 Å². The molecule has 0 bridgehead atoms. The van der Waals surface area contributed by atoms with E-state index in [0.29, 0.717) is 16.9 Å². The summed E-state index contributed by atoms with van der Waals surface area (Å²) in [5.41, 5.74) is 6.44. The molecule has 0 unspecified atom stereocenters. The Morgan fingerprint density at radius 3 is 2.17 bits per heavy atom. The Morgan fingerprint density at radius 2 is 1.60 bits per heavy atom. The third-order valence-corrected chi connectivity index (χ3v) is 6.50. The van der Waals surface area contributed by atoms with Crippen LogP contribution in [0.4, 0.5) is 11.4 Å². The number of primary amides is 1. The predicted molar refractivity (Wildman–Crippen MR) is 116 cm³/mol. The first kappa shape index (κ1) is 21.4. The van der Waals surface area contributed by atoms with Gasteiger partial charge in [0.05, 0.1) is 21.2 Å². The summed E-state index contributed by atoms with van der Waals surface area (Å²) in [5.74, 6) is -1.05. The lowest BCUT2D eigenvalue weighted by atomic mass is 10.1. The molecular formula is C21H18ClN3O4S. The van der Waals surface area contributed by atoms with Gasteiger partial charge in [-0.3, -0.25) is 13.9 Å². The number of amides is 2. The molecule has 0 radical (unpaired) electrons. The number of anilines is 2. The lowest BCUT2D eigenvalue weighted by molar-refractivity contribution is 0.0998. The second-order valence-corrected chi connectivity index (χ2v) is 8.72. The van der Waals surface area contributed by atoms with Crippen molar-refractivity contribution in [2.45, 2.75) is 4.90 Å². The van der Waals surface area contributed by atoms with Gasteiger partial charge in [-0.25, -0.2) is 8.42 Å². The number of nitrogens with two attached hydrogens (primary N) is 1. The molecule has 2 amide bonds. The number of nitrogens with zero attached hydrogens (tertiary/aromatic N) is 1. The van der Waals surface area contributed by atoms with Crippen LogP contribution < -0.4 is 15.4 Å². The number of hydrogen-bond donors (Lipinski definition) is 2. The van der Waals surface area contributed by atoms with Gasteiger partial charge in [-0.15, -0.1) is 0 Å². The van der Waals surface area contributed by atoms with E-state index < -0.39 is 21.8 Å². The summed E-state index contributed by atoms with van der Waals surface area (Å²) in [6, 6.07) is 18.4. The summed E-state index contributed by atoms with van der Waals surface area (Å²) in [7, 11) is -2.35. The standard InChI is InChI=1S/C21H18ClN3O4S/c1-25(30(28,29)17-5-3-2-4-6-17)16-11-12-18(19(22)13-16)21(27)24-15-9-7-14(8-10-15)20(23)26/h2-13H,1H3,(H2,23,26)(H,24,27). The minimum atomic E-state index is -3.77. The maximum atomic E-state index is 12.7. The monoisotopic (exact) mass is 443 g/mol. The van der Waals surface area contributed by atoms with Crippen molar-refractivity contribution >= 4 is 44.8 Å². The van der Waals surface area contributed by atoms with Gasteiger partial charge in [-0.2, -0.15) is 0 Å². The Labute approximate surface area is 179 Å². The molecule has 0 heterocycles. The number of rotatable bonds is 6. The molecule has 0 aliphatic carbocycles. The Kier molecular flexibility index (Phi) is 6.09. The molecule has 3 aromatic rings. The van der Waals surface area contributed by atoms with E-state index in [1.165, 1.54) is 49.5 Å². The number of carbonyl (C=O) groups excluding carboxylic acids is 2. The average molecular weight is 444 g/mol. The van der Waals surface area contributed by atoms with Gasteiger partial charge in [0.1, 0.15) is 0 Å². The highest BCUT2D eigenvalue weighted by molar-refractivity contribution is 7.92. The molecule has 0 saturated heterocycles. The highest BCUT2D eigenvalue weighted by atomic mass is 35.5. The fourth-order valence-electron chi connectivity index (χ4n) is 2.69. The quantitative estimate of drug-likeness (QED) is 0.607. The van der Waals surface area contributed by atoms with Crippen molar-refractivity contribution in [2.75, 3.05) is 16.7 Å². The molecule has 0 aliphatic rings. The van der Waals surface area contributed by atoms with E-state index in [0.717, 1.165) is 4.31 Å². The molecular weight excluding hydrogens is 426 g/mol. The van der Waals surface area contributed by atoms with E-state index in [2.05, 4.69) is 5.32 Å². The van der Waals surface area contributed by atoms with Gasteiger partial charge in [0.15, 0.2) is 0 Å². The first-order valence-electron chi connectivity index (χ1n) is 8.75. The highest BCUT2D eigenvalue weighted by Crippen LogP contribution is 2.27. The number of nitrogens with one attached hydrogen (secondary N) is 1. The van der Waals surface area contributed by atoms with Crippen LogP contribution in [-0.2, 0) is 10.0 Å². The fourth-order valence-corrected chi connectivity index (χ4v) is 4.16. The highest BCUT2D eigenvalue weighted by Gasteiger charge is 2.22. The Hall–Kier alpha value is -3.36. The van der Waals surface area contributed by atoms with Gasteiger partial charge < -0.3 is 11.1 Å². The first-order chi connectivity index (χ1) is 14.2. The summed E-state index contributed by atoms with van der Waals surface area (Å²) >= 11 is 6.25. The van der Waals surface area contributed by atoms with E-state index in [4.69, 9.17) is 17.3 Å². The predicted octanol–water partition coefficient (Wildman–Crippen LogP) is 3.52. The van der Waals surface area contributed by atoms with Gasteiger partial charge in [0.25, 0.3) is 15.9 Å². The number of carbonyl (C=O) groups is 2. The van der Waals surface area contributed by atoms with Crippen LogP contribution in [0.3, 0.4) is 0 Å². The lowest BCUT2D eigenvalue weighted by Gasteiger charge is -2.20. The molecule has 0 fully saturated rings. The van der Waals surface area contributed by atoms with Crippen molar-refractivity contribution in [1.29, 1.82) is 0 Å². The van der Waals surface area contributed by atoms with Crippen molar-refractivity contribution in [1.82, 2.24) is 0 Å². The minimum Gasteiger partial charge on any atom is -0.366 e. The van der Waals surface area contributed by atoms with Crippen LogP contribution >= 0.6 is 11.6 Å². The molecule has 0 aromatic heterocycles. The molecule has 0 aliphatic heterocycles. The molecule has 3 rings (SSSR count).